The van der Waals surface area contributed by atoms with Gasteiger partial charge in [-0.3, -0.25) is 9.59 Å². The molecule has 25 heavy (non-hydrogen) atoms. The standard InChI is InChI=1S/C21H30O4/c1-19-8-5-14(23)11-13(19)3-4-15-16(19)6-9-20(2)17(15)7-10-21(20,25)18(24)12-22/h11,15-17,22,25H,3-10,12H2,1-2H3/t15-,16+,17+,19+,20+,21+/m1/s1/i12D2. The third-order valence-electron chi connectivity index (χ3n) is 8.59. The molecule has 0 aromatic heterocycles. The maximum atomic E-state index is 12.6. The van der Waals surface area contributed by atoms with Crippen molar-refractivity contribution in [2.24, 2.45) is 28.6 Å². The summed E-state index contributed by atoms with van der Waals surface area (Å²) in [5, 5.41) is 20.9. The number of aliphatic hydroxyl groups is 2. The molecule has 3 fully saturated rings. The van der Waals surface area contributed by atoms with E-state index in [0.29, 0.717) is 31.1 Å². The summed E-state index contributed by atoms with van der Waals surface area (Å²) in [6, 6.07) is 0. The number of rotatable bonds is 2. The lowest BCUT2D eigenvalue weighted by Crippen LogP contribution is -2.58. The highest BCUT2D eigenvalue weighted by Crippen LogP contribution is 2.67. The van der Waals surface area contributed by atoms with E-state index in [4.69, 9.17) is 2.74 Å². The summed E-state index contributed by atoms with van der Waals surface area (Å²) in [5.41, 5.74) is -1.21. The van der Waals surface area contributed by atoms with Crippen LogP contribution in [-0.4, -0.2) is 33.9 Å². The smallest absolute Gasteiger partial charge is 0.190 e. The van der Waals surface area contributed by atoms with Crippen molar-refractivity contribution in [3.05, 3.63) is 11.6 Å². The van der Waals surface area contributed by atoms with E-state index in [1.807, 2.05) is 13.0 Å². The van der Waals surface area contributed by atoms with Gasteiger partial charge in [-0.1, -0.05) is 19.4 Å². The number of allylic oxidation sites excluding steroid dienone is 1. The van der Waals surface area contributed by atoms with E-state index in [-0.39, 0.29) is 23.5 Å². The van der Waals surface area contributed by atoms with Gasteiger partial charge in [0.2, 0.25) is 0 Å². The van der Waals surface area contributed by atoms with Crippen molar-refractivity contribution in [1.82, 2.24) is 0 Å². The molecule has 0 spiro atoms. The zero-order chi connectivity index (χ0) is 19.8. The van der Waals surface area contributed by atoms with Gasteiger partial charge in [-0.15, -0.1) is 0 Å². The van der Waals surface area contributed by atoms with Crippen LogP contribution in [0, 0.1) is 28.6 Å². The number of ketones is 2. The maximum absolute atomic E-state index is 12.6. The summed E-state index contributed by atoms with van der Waals surface area (Å²) in [6.45, 7) is 1.19. The largest absolute Gasteiger partial charge is 0.388 e. The first-order valence-electron chi connectivity index (χ1n) is 10.7. The Morgan fingerprint density at radius 1 is 1.20 bits per heavy atom. The Morgan fingerprint density at radius 2 is 1.92 bits per heavy atom. The maximum Gasteiger partial charge on any atom is 0.190 e. The Balaban J connectivity index is 1.68. The molecule has 0 saturated heterocycles. The summed E-state index contributed by atoms with van der Waals surface area (Å²) in [4.78, 5) is 24.5. The van der Waals surface area contributed by atoms with Crippen molar-refractivity contribution < 1.29 is 22.5 Å². The van der Waals surface area contributed by atoms with E-state index in [2.05, 4.69) is 6.92 Å². The van der Waals surface area contributed by atoms with Gasteiger partial charge >= 0.3 is 0 Å². The van der Waals surface area contributed by atoms with Crippen molar-refractivity contribution in [2.45, 2.75) is 70.8 Å². The monoisotopic (exact) mass is 348 g/mol. The Kier molecular flexibility index (Phi) is 3.32. The number of fused-ring (bicyclic) bond motifs is 5. The second-order valence-electron chi connectivity index (χ2n) is 9.26. The van der Waals surface area contributed by atoms with Crippen molar-refractivity contribution in [2.75, 3.05) is 6.56 Å². The van der Waals surface area contributed by atoms with Crippen LogP contribution in [0.4, 0.5) is 0 Å². The molecule has 0 bridgehead atoms. The lowest BCUT2D eigenvalue weighted by molar-refractivity contribution is -0.164. The van der Waals surface area contributed by atoms with Gasteiger partial charge in [0.15, 0.2) is 11.6 Å². The summed E-state index contributed by atoms with van der Waals surface area (Å²) in [6.07, 6.45) is 7.60. The first-order valence-corrected chi connectivity index (χ1v) is 9.67. The molecule has 4 heteroatoms. The minimum atomic E-state index is -3.01. The van der Waals surface area contributed by atoms with Crippen LogP contribution in [0.15, 0.2) is 11.6 Å². The van der Waals surface area contributed by atoms with Gasteiger partial charge in [0, 0.05) is 11.8 Å². The van der Waals surface area contributed by atoms with Gasteiger partial charge in [-0.05, 0) is 74.2 Å². The Morgan fingerprint density at radius 3 is 2.64 bits per heavy atom. The van der Waals surface area contributed by atoms with Gasteiger partial charge in [0.05, 0.1) is 2.74 Å². The molecule has 0 amide bonds. The highest BCUT2D eigenvalue weighted by atomic mass is 16.3. The van der Waals surface area contributed by atoms with Gasteiger partial charge in [-0.25, -0.2) is 0 Å². The summed E-state index contributed by atoms with van der Waals surface area (Å²) < 4.78 is 14.9. The Bertz CT molecular complexity index is 726. The van der Waals surface area contributed by atoms with Crippen LogP contribution in [0.25, 0.3) is 0 Å². The van der Waals surface area contributed by atoms with Gasteiger partial charge in [0.25, 0.3) is 0 Å². The van der Waals surface area contributed by atoms with Crippen LogP contribution in [0.2, 0.25) is 0 Å². The zero-order valence-electron chi connectivity index (χ0n) is 17.2. The van der Waals surface area contributed by atoms with E-state index < -0.39 is 23.4 Å². The molecule has 0 aliphatic heterocycles. The molecule has 138 valence electrons. The second kappa shape index (κ2) is 5.50. The molecule has 6 atom stereocenters. The van der Waals surface area contributed by atoms with Crippen molar-refractivity contribution >= 4 is 11.6 Å². The van der Waals surface area contributed by atoms with Crippen molar-refractivity contribution in [3.8, 4) is 0 Å². The Hall–Kier alpha value is -1.00. The molecular formula is C21H30O4. The lowest BCUT2D eigenvalue weighted by Gasteiger charge is -2.58. The minimum Gasteiger partial charge on any atom is -0.388 e. The van der Waals surface area contributed by atoms with E-state index in [1.165, 1.54) is 5.57 Å². The molecule has 4 nitrogen and oxygen atoms in total. The molecule has 0 aromatic rings. The van der Waals surface area contributed by atoms with Crippen LogP contribution in [0.3, 0.4) is 0 Å². The van der Waals surface area contributed by atoms with Crippen molar-refractivity contribution in [3.63, 3.8) is 0 Å². The Labute approximate surface area is 152 Å². The summed E-state index contributed by atoms with van der Waals surface area (Å²) >= 11 is 0. The molecule has 0 radical (unpaired) electrons. The minimum absolute atomic E-state index is 0.0223. The number of Topliss-reactive ketones (excluding diaryl/α,β-unsaturated/α-hetero) is 1. The first kappa shape index (κ1) is 15.1. The van der Waals surface area contributed by atoms with E-state index in [9.17, 15) is 19.8 Å². The molecule has 0 aromatic carbocycles. The topological polar surface area (TPSA) is 74.6 Å². The van der Waals surface area contributed by atoms with Gasteiger partial charge < -0.3 is 10.2 Å². The predicted octanol–water partition coefficient (Wildman–Crippen LogP) is 2.81. The number of hydrogen-bond donors (Lipinski definition) is 2. The molecule has 0 unspecified atom stereocenters. The number of carbonyl (C=O) groups excluding carboxylic acids is 2. The molecule has 4 aliphatic rings. The predicted molar refractivity (Wildman–Crippen MR) is 93.8 cm³/mol. The van der Waals surface area contributed by atoms with E-state index in [1.54, 1.807) is 0 Å². The number of carbonyl (C=O) groups is 2. The average Bonchev–Trinajstić information content (AvgIpc) is 2.86. The zero-order valence-corrected chi connectivity index (χ0v) is 15.2. The molecule has 3 saturated carbocycles. The van der Waals surface area contributed by atoms with Crippen molar-refractivity contribution in [1.29, 1.82) is 0 Å². The number of hydrogen-bond acceptors (Lipinski definition) is 4. The molecule has 0 heterocycles. The van der Waals surface area contributed by atoms with Gasteiger partial charge in [0.1, 0.15) is 12.2 Å². The van der Waals surface area contributed by atoms with E-state index in [0.717, 1.165) is 25.7 Å². The van der Waals surface area contributed by atoms with Crippen LogP contribution in [0.1, 0.15) is 68.0 Å². The molecule has 4 aliphatic carbocycles. The fourth-order valence-corrected chi connectivity index (χ4v) is 7.04. The molecule has 4 rings (SSSR count). The van der Waals surface area contributed by atoms with Crippen LogP contribution in [0.5, 0.6) is 0 Å². The van der Waals surface area contributed by atoms with Gasteiger partial charge in [-0.2, -0.15) is 0 Å². The van der Waals surface area contributed by atoms with Crippen LogP contribution in [-0.2, 0) is 9.59 Å². The van der Waals surface area contributed by atoms with E-state index >= 15 is 0 Å². The fraction of sp³-hybridized carbons (Fsp3) is 0.810. The normalized spacial score (nSPS) is 50.8. The quantitative estimate of drug-likeness (QED) is 0.805. The average molecular weight is 348 g/mol. The lowest BCUT2D eigenvalue weighted by atomic mass is 9.46. The molecular weight excluding hydrogens is 316 g/mol. The SMILES string of the molecule is [2H]C([2H])(O)C(=O)[C@@]1(O)CC[C@H]2[C@@H]3CCC4=CC(=O)CC[C@]4(C)[C@H]3CC[C@@]21C. The first-order chi connectivity index (χ1) is 12.4. The second-order valence-corrected chi connectivity index (χ2v) is 9.26. The molecule has 2 N–H and O–H groups in total. The van der Waals surface area contributed by atoms with Crippen LogP contribution < -0.4 is 0 Å². The fourth-order valence-electron chi connectivity index (χ4n) is 7.04. The third kappa shape index (κ3) is 2.13. The van der Waals surface area contributed by atoms with Crippen LogP contribution >= 0.6 is 0 Å². The third-order valence-corrected chi connectivity index (χ3v) is 8.59. The summed E-state index contributed by atoms with van der Waals surface area (Å²) in [5.74, 6) is 0.0953. The summed E-state index contributed by atoms with van der Waals surface area (Å²) in [7, 11) is 0. The highest BCUT2D eigenvalue weighted by Gasteiger charge is 2.65. The highest BCUT2D eigenvalue weighted by molar-refractivity contribution is 5.91.